The zero-order valence-corrected chi connectivity index (χ0v) is 31.9. The van der Waals surface area contributed by atoms with E-state index in [2.05, 4.69) is 228 Å². The zero-order valence-electron chi connectivity index (χ0n) is 31.1. The van der Waals surface area contributed by atoms with Crippen molar-refractivity contribution >= 4 is 70.4 Å². The molecule has 0 N–H and O–H groups in total. The van der Waals surface area contributed by atoms with Gasteiger partial charge in [-0.1, -0.05) is 170 Å². The first kappa shape index (κ1) is 33.2. The van der Waals surface area contributed by atoms with E-state index in [1.165, 1.54) is 69.8 Å². The van der Waals surface area contributed by atoms with Gasteiger partial charge in [-0.05, 0) is 65.2 Å². The minimum absolute atomic E-state index is 1.10. The maximum absolute atomic E-state index is 2.48. The minimum atomic E-state index is 1.10. The second-order valence-corrected chi connectivity index (χ2v) is 15.5. The van der Waals surface area contributed by atoms with Gasteiger partial charge in [0.2, 0.25) is 0 Å². The van der Waals surface area contributed by atoms with Gasteiger partial charge >= 0.3 is 0 Å². The Kier molecular flexibility index (Phi) is 8.04. The molecule has 0 atom stereocenters. The number of benzene rings is 9. The Morgan fingerprint density at radius 1 is 0.351 bits per heavy atom. The number of thiophene rings is 1. The molecule has 3 heteroatoms. The molecule has 2 heterocycles. The summed E-state index contributed by atoms with van der Waals surface area (Å²) in [5.41, 5.74) is 14.1. The van der Waals surface area contributed by atoms with Gasteiger partial charge in [-0.25, -0.2) is 0 Å². The first-order valence-electron chi connectivity index (χ1n) is 19.4. The summed E-state index contributed by atoms with van der Waals surface area (Å²) in [4.78, 5) is 2.46. The van der Waals surface area contributed by atoms with Crippen LogP contribution in [0.15, 0.2) is 218 Å². The van der Waals surface area contributed by atoms with Crippen molar-refractivity contribution < 1.29 is 0 Å². The molecule has 268 valence electrons. The molecule has 0 amide bonds. The molecule has 0 saturated heterocycles. The summed E-state index contributed by atoms with van der Waals surface area (Å²) in [5.74, 6) is 0. The van der Waals surface area contributed by atoms with E-state index >= 15 is 0 Å². The van der Waals surface area contributed by atoms with E-state index < -0.39 is 0 Å². The Morgan fingerprint density at radius 3 is 1.74 bits per heavy atom. The smallest absolute Gasteiger partial charge is 0.0562 e. The van der Waals surface area contributed by atoms with E-state index in [4.69, 9.17) is 0 Å². The van der Waals surface area contributed by atoms with Crippen LogP contribution >= 0.6 is 11.3 Å². The highest BCUT2D eigenvalue weighted by atomic mass is 32.1. The predicted molar refractivity (Wildman–Crippen MR) is 245 cm³/mol. The number of hydrogen-bond donors (Lipinski definition) is 0. The molecule has 0 aliphatic heterocycles. The molecule has 2 aromatic heterocycles. The van der Waals surface area contributed by atoms with Crippen LogP contribution < -0.4 is 4.90 Å². The molecule has 57 heavy (non-hydrogen) atoms. The fourth-order valence-corrected chi connectivity index (χ4v) is 9.90. The molecule has 9 aromatic carbocycles. The van der Waals surface area contributed by atoms with Crippen LogP contribution in [0.1, 0.15) is 0 Å². The molecular formula is C54H36N2S. The highest BCUT2D eigenvalue weighted by molar-refractivity contribution is 7.26. The number of nitrogens with zero attached hydrogens (tertiary/aromatic N) is 2. The van der Waals surface area contributed by atoms with E-state index in [1.807, 2.05) is 11.3 Å². The molecule has 0 aliphatic carbocycles. The summed E-state index contributed by atoms with van der Waals surface area (Å²) in [6.45, 7) is 0. The molecule has 0 aliphatic rings. The lowest BCUT2D eigenvalue weighted by molar-refractivity contribution is 1.18. The summed E-state index contributed by atoms with van der Waals surface area (Å²) < 4.78 is 5.11. The van der Waals surface area contributed by atoms with Crippen LogP contribution in [0.4, 0.5) is 17.1 Å². The monoisotopic (exact) mass is 744 g/mol. The number of para-hydroxylation sites is 3. The average Bonchev–Trinajstić information content (AvgIpc) is 3.84. The quantitative estimate of drug-likeness (QED) is 0.158. The second kappa shape index (κ2) is 13.8. The lowest BCUT2D eigenvalue weighted by Gasteiger charge is -2.29. The molecule has 0 bridgehead atoms. The van der Waals surface area contributed by atoms with Crippen molar-refractivity contribution in [1.29, 1.82) is 0 Å². The Labute approximate surface area is 335 Å². The van der Waals surface area contributed by atoms with Crippen molar-refractivity contribution in [3.8, 4) is 39.1 Å². The second-order valence-electron chi connectivity index (χ2n) is 14.5. The summed E-state index contributed by atoms with van der Waals surface area (Å²) >= 11 is 1.88. The van der Waals surface area contributed by atoms with E-state index in [9.17, 15) is 0 Å². The summed E-state index contributed by atoms with van der Waals surface area (Å²) in [6, 6.07) is 79.3. The lowest BCUT2D eigenvalue weighted by Crippen LogP contribution is -2.11. The fraction of sp³-hybridized carbons (Fsp3) is 0. The van der Waals surface area contributed by atoms with Crippen molar-refractivity contribution in [3.05, 3.63) is 218 Å². The van der Waals surface area contributed by atoms with E-state index in [0.717, 1.165) is 28.3 Å². The molecule has 0 fully saturated rings. The van der Waals surface area contributed by atoms with E-state index in [-0.39, 0.29) is 0 Å². The lowest BCUT2D eigenvalue weighted by atomic mass is 10.00. The van der Waals surface area contributed by atoms with Gasteiger partial charge in [-0.3, -0.25) is 0 Å². The molecule has 2 nitrogen and oxygen atoms in total. The molecule has 11 rings (SSSR count). The number of hydrogen-bond acceptors (Lipinski definition) is 2. The van der Waals surface area contributed by atoms with E-state index in [0.29, 0.717) is 0 Å². The molecule has 0 spiro atoms. The van der Waals surface area contributed by atoms with E-state index in [1.54, 1.807) is 0 Å². The average molecular weight is 745 g/mol. The first-order valence-corrected chi connectivity index (χ1v) is 20.3. The number of anilines is 3. The number of rotatable bonds is 7. The van der Waals surface area contributed by atoms with Crippen molar-refractivity contribution in [2.75, 3.05) is 4.90 Å². The van der Waals surface area contributed by atoms with Gasteiger partial charge in [0.1, 0.15) is 0 Å². The zero-order chi connectivity index (χ0) is 37.7. The van der Waals surface area contributed by atoms with Crippen LogP contribution in [0, 0.1) is 0 Å². The third kappa shape index (κ3) is 5.55. The largest absolute Gasteiger partial charge is 0.309 e. The van der Waals surface area contributed by atoms with Crippen molar-refractivity contribution in [2.45, 2.75) is 0 Å². The van der Waals surface area contributed by atoms with Gasteiger partial charge in [0.25, 0.3) is 0 Å². The first-order chi connectivity index (χ1) is 28.3. The highest BCUT2D eigenvalue weighted by Gasteiger charge is 2.24. The highest BCUT2D eigenvalue weighted by Crippen LogP contribution is 2.48. The molecule has 0 radical (unpaired) electrons. The van der Waals surface area contributed by atoms with Gasteiger partial charge in [0.05, 0.1) is 28.1 Å². The van der Waals surface area contributed by atoms with Gasteiger partial charge in [0, 0.05) is 53.3 Å². The van der Waals surface area contributed by atoms with Crippen LogP contribution in [-0.2, 0) is 0 Å². The third-order valence-corrected chi connectivity index (χ3v) is 12.4. The van der Waals surface area contributed by atoms with Crippen LogP contribution in [-0.4, -0.2) is 4.57 Å². The topological polar surface area (TPSA) is 8.17 Å². The molecule has 11 aromatic rings. The van der Waals surface area contributed by atoms with Crippen LogP contribution in [0.3, 0.4) is 0 Å². The van der Waals surface area contributed by atoms with Crippen LogP contribution in [0.25, 0.3) is 81.0 Å². The van der Waals surface area contributed by atoms with Crippen molar-refractivity contribution in [2.24, 2.45) is 0 Å². The number of fused-ring (bicyclic) bond motifs is 6. The normalized spacial score (nSPS) is 11.5. The van der Waals surface area contributed by atoms with Gasteiger partial charge in [-0.2, -0.15) is 0 Å². The van der Waals surface area contributed by atoms with Crippen LogP contribution in [0.2, 0.25) is 0 Å². The van der Waals surface area contributed by atoms with Gasteiger partial charge in [0.15, 0.2) is 0 Å². The minimum Gasteiger partial charge on any atom is -0.309 e. The van der Waals surface area contributed by atoms with Gasteiger partial charge < -0.3 is 9.47 Å². The molecular weight excluding hydrogens is 709 g/mol. The Balaban J connectivity index is 1.17. The predicted octanol–water partition coefficient (Wildman–Crippen LogP) is 15.6. The van der Waals surface area contributed by atoms with Crippen LogP contribution in [0.5, 0.6) is 0 Å². The molecule has 0 saturated carbocycles. The SMILES string of the molecule is c1ccc(-c2ccc(N(c3ccccc3-c3ccccc3)c3cccc4c3c3ccccc3n4-c3ccccc3-c3cccc4c3sc3ccccc34)cc2)cc1. The molecule has 0 unspecified atom stereocenters. The Hall–Kier alpha value is -7.20. The fourth-order valence-electron chi connectivity index (χ4n) is 8.67. The Bertz CT molecular complexity index is 3230. The summed E-state index contributed by atoms with van der Waals surface area (Å²) in [7, 11) is 0. The van der Waals surface area contributed by atoms with Crippen molar-refractivity contribution in [1.82, 2.24) is 4.57 Å². The maximum atomic E-state index is 2.48. The summed E-state index contributed by atoms with van der Waals surface area (Å²) in [6.07, 6.45) is 0. The maximum Gasteiger partial charge on any atom is 0.0562 e. The Morgan fingerprint density at radius 2 is 0.912 bits per heavy atom. The summed E-state index contributed by atoms with van der Waals surface area (Å²) in [5, 5.41) is 5.03. The van der Waals surface area contributed by atoms with Gasteiger partial charge in [-0.15, -0.1) is 11.3 Å². The van der Waals surface area contributed by atoms with Crippen molar-refractivity contribution in [3.63, 3.8) is 0 Å². The standard InChI is InChI=1S/C54H36N2S/c1-3-17-37(18-4-1)38-33-35-40(36-34-38)55(47-27-11-7-21-41(47)39-19-5-2-6-20-39)50-30-16-31-51-53(50)46-24-9-13-29-49(46)56(51)48-28-12-8-22-42(48)44-25-15-26-45-43-23-10-14-32-52(43)57-54(44)45/h1-36H. The number of aromatic nitrogens is 1. The third-order valence-electron chi connectivity index (χ3n) is 11.2.